The van der Waals surface area contributed by atoms with Crippen molar-refractivity contribution in [2.45, 2.75) is 37.7 Å². The molecule has 2 aromatic rings. The van der Waals surface area contributed by atoms with Crippen LogP contribution in [0.1, 0.15) is 42.7 Å². The zero-order valence-corrected chi connectivity index (χ0v) is 18.9. The number of ether oxygens (including phenoxy) is 1. The molecule has 0 aliphatic heterocycles. The SMILES string of the molecule is O=C(CC(CNC(=O)OCC1c2ccccc2-c2ccccc21)C1CC1)NCCC(O)C(=O)O. The van der Waals surface area contributed by atoms with Crippen LogP contribution in [0.4, 0.5) is 4.79 Å². The van der Waals surface area contributed by atoms with Crippen molar-refractivity contribution >= 4 is 18.0 Å². The summed E-state index contributed by atoms with van der Waals surface area (Å²) in [5.74, 6) is -1.17. The van der Waals surface area contributed by atoms with Gasteiger partial charge in [-0.25, -0.2) is 9.59 Å². The van der Waals surface area contributed by atoms with E-state index in [-0.39, 0.29) is 43.7 Å². The van der Waals surface area contributed by atoms with Crippen molar-refractivity contribution in [3.05, 3.63) is 59.7 Å². The van der Waals surface area contributed by atoms with Gasteiger partial charge in [0.05, 0.1) is 0 Å². The molecule has 4 rings (SSSR count). The Hall–Kier alpha value is -3.39. The molecule has 180 valence electrons. The highest BCUT2D eigenvalue weighted by Gasteiger charge is 2.33. The number of hydrogen-bond donors (Lipinski definition) is 4. The Labute approximate surface area is 198 Å². The lowest BCUT2D eigenvalue weighted by atomic mass is 9.98. The molecule has 1 saturated carbocycles. The molecule has 1 fully saturated rings. The Balaban J connectivity index is 1.25. The molecule has 0 aromatic heterocycles. The molecule has 34 heavy (non-hydrogen) atoms. The van der Waals surface area contributed by atoms with Gasteiger partial charge in [-0.05, 0) is 46.9 Å². The van der Waals surface area contributed by atoms with Crippen molar-refractivity contribution in [2.75, 3.05) is 19.7 Å². The third kappa shape index (κ3) is 5.75. The fourth-order valence-corrected chi connectivity index (χ4v) is 4.62. The molecule has 0 radical (unpaired) electrons. The van der Waals surface area contributed by atoms with Crippen molar-refractivity contribution in [3.63, 3.8) is 0 Å². The number of carbonyl (C=O) groups is 3. The highest BCUT2D eigenvalue weighted by molar-refractivity contribution is 5.79. The van der Waals surface area contributed by atoms with E-state index in [0.717, 1.165) is 24.0 Å². The average Bonchev–Trinajstić information content (AvgIpc) is 3.63. The molecule has 2 amide bonds. The molecule has 2 atom stereocenters. The van der Waals surface area contributed by atoms with Crippen LogP contribution in [0, 0.1) is 11.8 Å². The van der Waals surface area contributed by atoms with E-state index in [1.807, 2.05) is 24.3 Å². The van der Waals surface area contributed by atoms with Gasteiger partial charge in [-0.3, -0.25) is 4.79 Å². The smallest absolute Gasteiger partial charge is 0.407 e. The fraction of sp³-hybridized carbons (Fsp3) is 0.423. The van der Waals surface area contributed by atoms with Gasteiger partial charge >= 0.3 is 12.1 Å². The summed E-state index contributed by atoms with van der Waals surface area (Å²) in [6, 6.07) is 16.3. The van der Waals surface area contributed by atoms with Crippen LogP contribution in [0.15, 0.2) is 48.5 Å². The molecule has 2 aliphatic carbocycles. The Morgan fingerprint density at radius 3 is 2.18 bits per heavy atom. The number of benzene rings is 2. The van der Waals surface area contributed by atoms with E-state index in [2.05, 4.69) is 34.9 Å². The minimum atomic E-state index is -1.49. The summed E-state index contributed by atoms with van der Waals surface area (Å²) in [5.41, 5.74) is 4.64. The second kappa shape index (κ2) is 10.7. The molecule has 0 heterocycles. The van der Waals surface area contributed by atoms with Gasteiger partial charge in [-0.1, -0.05) is 48.5 Å². The van der Waals surface area contributed by atoms with Crippen LogP contribution in [0.3, 0.4) is 0 Å². The molecule has 4 N–H and O–H groups in total. The first-order valence-corrected chi connectivity index (χ1v) is 11.7. The van der Waals surface area contributed by atoms with Gasteiger partial charge in [0.15, 0.2) is 6.10 Å². The molecule has 2 unspecified atom stereocenters. The van der Waals surface area contributed by atoms with Gasteiger partial charge in [-0.15, -0.1) is 0 Å². The highest BCUT2D eigenvalue weighted by Crippen LogP contribution is 2.44. The first-order chi connectivity index (χ1) is 16.4. The monoisotopic (exact) mass is 466 g/mol. The highest BCUT2D eigenvalue weighted by atomic mass is 16.5. The lowest BCUT2D eigenvalue weighted by Crippen LogP contribution is -2.35. The molecular weight excluding hydrogens is 436 g/mol. The maximum Gasteiger partial charge on any atom is 0.407 e. The largest absolute Gasteiger partial charge is 0.479 e. The summed E-state index contributed by atoms with van der Waals surface area (Å²) in [7, 11) is 0. The summed E-state index contributed by atoms with van der Waals surface area (Å²) in [6.45, 7) is 0.663. The van der Waals surface area contributed by atoms with Crippen LogP contribution in [0.5, 0.6) is 0 Å². The zero-order valence-electron chi connectivity index (χ0n) is 18.9. The summed E-state index contributed by atoms with van der Waals surface area (Å²) in [5, 5.41) is 23.4. The Morgan fingerprint density at radius 1 is 0.971 bits per heavy atom. The predicted octanol–water partition coefficient (Wildman–Crippen LogP) is 2.89. The molecule has 2 aromatic carbocycles. The molecular formula is C26H30N2O6. The van der Waals surface area contributed by atoms with Crippen LogP contribution in [-0.2, 0) is 14.3 Å². The van der Waals surface area contributed by atoms with Crippen molar-refractivity contribution in [1.29, 1.82) is 0 Å². The molecule has 8 heteroatoms. The van der Waals surface area contributed by atoms with E-state index < -0.39 is 18.2 Å². The number of carboxylic acid groups (broad SMARTS) is 1. The third-order valence-electron chi connectivity index (χ3n) is 6.61. The van der Waals surface area contributed by atoms with Crippen molar-refractivity contribution < 1.29 is 29.3 Å². The van der Waals surface area contributed by atoms with E-state index in [9.17, 15) is 19.5 Å². The van der Waals surface area contributed by atoms with E-state index in [1.165, 1.54) is 11.1 Å². The number of aliphatic hydroxyl groups excluding tert-OH is 1. The first kappa shape index (κ1) is 23.8. The number of hydrogen-bond acceptors (Lipinski definition) is 5. The van der Waals surface area contributed by atoms with Gasteiger partial charge in [-0.2, -0.15) is 0 Å². The number of fused-ring (bicyclic) bond motifs is 3. The maximum absolute atomic E-state index is 12.5. The van der Waals surface area contributed by atoms with Gasteiger partial charge in [0.2, 0.25) is 5.91 Å². The molecule has 0 saturated heterocycles. The van der Waals surface area contributed by atoms with E-state index in [1.54, 1.807) is 0 Å². The molecule has 8 nitrogen and oxygen atoms in total. The summed E-state index contributed by atoms with van der Waals surface area (Å²) >= 11 is 0. The molecule has 0 spiro atoms. The number of carbonyl (C=O) groups excluding carboxylic acids is 2. The van der Waals surface area contributed by atoms with Gasteiger partial charge < -0.3 is 25.6 Å². The van der Waals surface area contributed by atoms with E-state index in [0.29, 0.717) is 12.5 Å². The predicted molar refractivity (Wildman–Crippen MR) is 125 cm³/mol. The molecule has 2 aliphatic rings. The zero-order chi connectivity index (χ0) is 24.1. The van der Waals surface area contributed by atoms with E-state index in [4.69, 9.17) is 9.84 Å². The lowest BCUT2D eigenvalue weighted by Gasteiger charge is -2.18. The second-order valence-corrected chi connectivity index (χ2v) is 9.00. The van der Waals surface area contributed by atoms with Gasteiger partial charge in [0.1, 0.15) is 6.61 Å². The van der Waals surface area contributed by atoms with Crippen LogP contribution in [0.25, 0.3) is 11.1 Å². The number of aliphatic hydroxyl groups is 1. The van der Waals surface area contributed by atoms with Crippen molar-refractivity contribution in [3.8, 4) is 11.1 Å². The van der Waals surface area contributed by atoms with Gasteiger partial charge in [0, 0.05) is 31.8 Å². The van der Waals surface area contributed by atoms with Crippen LogP contribution >= 0.6 is 0 Å². The normalized spacial score (nSPS) is 16.1. The second-order valence-electron chi connectivity index (χ2n) is 9.00. The number of nitrogens with one attached hydrogen (secondary N) is 2. The topological polar surface area (TPSA) is 125 Å². The Bertz CT molecular complexity index is 1010. The summed E-state index contributed by atoms with van der Waals surface area (Å²) < 4.78 is 5.57. The average molecular weight is 467 g/mol. The summed E-state index contributed by atoms with van der Waals surface area (Å²) in [6.07, 6.45) is 0.224. The first-order valence-electron chi connectivity index (χ1n) is 11.7. The van der Waals surface area contributed by atoms with E-state index >= 15 is 0 Å². The van der Waals surface area contributed by atoms with Gasteiger partial charge in [0.25, 0.3) is 0 Å². The van der Waals surface area contributed by atoms with Crippen molar-refractivity contribution in [2.24, 2.45) is 11.8 Å². The van der Waals surface area contributed by atoms with Crippen LogP contribution < -0.4 is 10.6 Å². The van der Waals surface area contributed by atoms with Crippen LogP contribution in [0.2, 0.25) is 0 Å². The minimum absolute atomic E-state index is 0.00937. The minimum Gasteiger partial charge on any atom is -0.479 e. The summed E-state index contributed by atoms with van der Waals surface area (Å²) in [4.78, 5) is 35.3. The number of aliphatic carboxylic acids is 1. The fourth-order valence-electron chi connectivity index (χ4n) is 4.62. The lowest BCUT2D eigenvalue weighted by molar-refractivity contribution is -0.147. The third-order valence-corrected chi connectivity index (χ3v) is 6.61. The van der Waals surface area contributed by atoms with Crippen molar-refractivity contribution in [1.82, 2.24) is 10.6 Å². The Kier molecular flexibility index (Phi) is 7.47. The standard InChI is InChI=1S/C26H30N2O6/c29-23(25(31)32)11-12-27-24(30)13-17(16-9-10-16)14-28-26(33)34-15-22-20-7-3-1-5-18(20)19-6-2-4-8-21(19)22/h1-8,16-17,22-23,29H,9-15H2,(H,27,30)(H,28,33)(H,31,32). The number of amides is 2. The number of alkyl carbamates (subject to hydrolysis) is 1. The Morgan fingerprint density at radius 2 is 1.59 bits per heavy atom. The van der Waals surface area contributed by atoms with Crippen LogP contribution in [-0.4, -0.2) is 54.0 Å². The number of rotatable bonds is 11. The molecule has 0 bridgehead atoms. The maximum atomic E-state index is 12.5. The number of carboxylic acids is 1. The quantitative estimate of drug-likeness (QED) is 0.404.